The van der Waals surface area contributed by atoms with E-state index in [0.29, 0.717) is 0 Å². The topological polar surface area (TPSA) is 28.7 Å². The molecule has 0 saturated carbocycles. The minimum atomic E-state index is -0.218. The number of nitrogens with one attached hydrogen (secondary N) is 1. The van der Waals surface area contributed by atoms with Gasteiger partial charge in [0.2, 0.25) is 0 Å². The van der Waals surface area contributed by atoms with Crippen LogP contribution in [0.4, 0.5) is 4.39 Å². The summed E-state index contributed by atoms with van der Waals surface area (Å²) in [5, 5.41) is 1.86. The van der Waals surface area contributed by atoms with Crippen LogP contribution in [0.1, 0.15) is 5.01 Å². The standard InChI is InChI=1S/C10H7FN2S/c1-5-12-9-7-4-6(11)2-3-8(7)13-10(9)14-5/h2-4,13H,1H3. The molecular weight excluding hydrogens is 199 g/mol. The third-order valence-electron chi connectivity index (χ3n) is 2.22. The van der Waals surface area contributed by atoms with Crippen LogP contribution in [0.25, 0.3) is 21.3 Å². The zero-order chi connectivity index (χ0) is 9.71. The predicted molar refractivity (Wildman–Crippen MR) is 56.2 cm³/mol. The van der Waals surface area contributed by atoms with Crippen molar-refractivity contribution in [3.8, 4) is 0 Å². The van der Waals surface area contributed by atoms with Gasteiger partial charge in [-0.1, -0.05) is 0 Å². The fourth-order valence-corrected chi connectivity index (χ4v) is 2.48. The number of hydrogen-bond donors (Lipinski definition) is 1. The first-order valence-electron chi connectivity index (χ1n) is 4.28. The molecule has 0 aliphatic carbocycles. The fraction of sp³-hybridized carbons (Fsp3) is 0.100. The molecule has 1 aromatic carbocycles. The van der Waals surface area contributed by atoms with Gasteiger partial charge in [0.15, 0.2) is 0 Å². The van der Waals surface area contributed by atoms with Gasteiger partial charge in [-0.25, -0.2) is 9.37 Å². The first-order chi connectivity index (χ1) is 6.74. The first-order valence-corrected chi connectivity index (χ1v) is 5.10. The number of benzene rings is 1. The number of aryl methyl sites for hydroxylation is 1. The highest BCUT2D eigenvalue weighted by Gasteiger charge is 2.08. The Balaban J connectivity index is 2.55. The van der Waals surface area contributed by atoms with Crippen molar-refractivity contribution in [1.82, 2.24) is 9.97 Å². The molecule has 0 aliphatic heterocycles. The highest BCUT2D eigenvalue weighted by molar-refractivity contribution is 7.18. The zero-order valence-electron chi connectivity index (χ0n) is 7.47. The summed E-state index contributed by atoms with van der Waals surface area (Å²) in [7, 11) is 0. The van der Waals surface area contributed by atoms with Crippen molar-refractivity contribution in [1.29, 1.82) is 0 Å². The zero-order valence-corrected chi connectivity index (χ0v) is 8.28. The Labute approximate surface area is 83.4 Å². The minimum Gasteiger partial charge on any atom is -0.345 e. The van der Waals surface area contributed by atoms with Crippen molar-refractivity contribution in [3.05, 3.63) is 29.0 Å². The van der Waals surface area contributed by atoms with Gasteiger partial charge in [-0.15, -0.1) is 11.3 Å². The van der Waals surface area contributed by atoms with Gasteiger partial charge in [0.25, 0.3) is 0 Å². The third kappa shape index (κ3) is 0.974. The van der Waals surface area contributed by atoms with Crippen LogP contribution in [-0.2, 0) is 0 Å². The number of aromatic amines is 1. The molecule has 3 rings (SSSR count). The van der Waals surface area contributed by atoms with E-state index in [1.54, 1.807) is 17.4 Å². The Hall–Kier alpha value is -1.42. The normalized spacial score (nSPS) is 11.6. The molecule has 70 valence electrons. The third-order valence-corrected chi connectivity index (χ3v) is 3.11. The number of rotatable bonds is 0. The second kappa shape index (κ2) is 2.54. The minimum absolute atomic E-state index is 0.218. The van der Waals surface area contributed by atoms with E-state index >= 15 is 0 Å². The predicted octanol–water partition coefficient (Wildman–Crippen LogP) is 3.23. The lowest BCUT2D eigenvalue weighted by atomic mass is 10.2. The number of thiazole rings is 1. The molecule has 0 aliphatic rings. The number of halogens is 1. The number of aromatic nitrogens is 2. The SMILES string of the molecule is Cc1nc2c([nH]c3ccc(F)cc32)s1. The molecule has 1 N–H and O–H groups in total. The lowest BCUT2D eigenvalue weighted by Gasteiger charge is -1.89. The molecule has 0 bridgehead atoms. The van der Waals surface area contributed by atoms with E-state index in [1.807, 2.05) is 6.92 Å². The Morgan fingerprint density at radius 3 is 3.14 bits per heavy atom. The average molecular weight is 206 g/mol. The second-order valence-corrected chi connectivity index (χ2v) is 4.43. The van der Waals surface area contributed by atoms with Crippen molar-refractivity contribution in [2.45, 2.75) is 6.92 Å². The molecule has 14 heavy (non-hydrogen) atoms. The van der Waals surface area contributed by atoms with E-state index in [0.717, 1.165) is 26.3 Å². The van der Waals surface area contributed by atoms with Crippen molar-refractivity contribution in [2.75, 3.05) is 0 Å². The van der Waals surface area contributed by atoms with Gasteiger partial charge < -0.3 is 4.98 Å². The van der Waals surface area contributed by atoms with Crippen LogP contribution in [0.5, 0.6) is 0 Å². The molecule has 0 fully saturated rings. The molecule has 0 atom stereocenters. The van der Waals surface area contributed by atoms with Crippen LogP contribution in [-0.4, -0.2) is 9.97 Å². The summed E-state index contributed by atoms with van der Waals surface area (Å²) >= 11 is 1.59. The monoisotopic (exact) mass is 206 g/mol. The van der Waals surface area contributed by atoms with Gasteiger partial charge in [-0.2, -0.15) is 0 Å². The highest BCUT2D eigenvalue weighted by atomic mass is 32.1. The molecule has 0 saturated heterocycles. The number of nitrogens with zero attached hydrogens (tertiary/aromatic N) is 1. The number of H-pyrrole nitrogens is 1. The van der Waals surface area contributed by atoms with Gasteiger partial charge in [-0.3, -0.25) is 0 Å². The van der Waals surface area contributed by atoms with Crippen LogP contribution in [0.15, 0.2) is 18.2 Å². The summed E-state index contributed by atoms with van der Waals surface area (Å²) in [5.41, 5.74) is 1.82. The maximum absolute atomic E-state index is 13.0. The lowest BCUT2D eigenvalue weighted by molar-refractivity contribution is 0.630. The molecule has 2 aromatic heterocycles. The van der Waals surface area contributed by atoms with Crippen molar-refractivity contribution >= 4 is 32.6 Å². The van der Waals surface area contributed by atoms with E-state index in [1.165, 1.54) is 12.1 Å². The van der Waals surface area contributed by atoms with Crippen LogP contribution in [0.2, 0.25) is 0 Å². The average Bonchev–Trinajstić information content (AvgIpc) is 2.62. The molecule has 0 spiro atoms. The van der Waals surface area contributed by atoms with Crippen molar-refractivity contribution in [2.24, 2.45) is 0 Å². The van der Waals surface area contributed by atoms with Crippen molar-refractivity contribution < 1.29 is 4.39 Å². The van der Waals surface area contributed by atoms with Gasteiger partial charge in [0.1, 0.15) is 16.2 Å². The maximum Gasteiger partial charge on any atom is 0.124 e. The van der Waals surface area contributed by atoms with E-state index < -0.39 is 0 Å². The molecule has 2 nitrogen and oxygen atoms in total. The van der Waals surface area contributed by atoms with Crippen LogP contribution in [0, 0.1) is 12.7 Å². The van der Waals surface area contributed by atoms with Crippen LogP contribution < -0.4 is 0 Å². The van der Waals surface area contributed by atoms with Crippen LogP contribution in [0.3, 0.4) is 0 Å². The molecule has 0 radical (unpaired) electrons. The summed E-state index contributed by atoms with van der Waals surface area (Å²) in [6, 6.07) is 4.72. The summed E-state index contributed by atoms with van der Waals surface area (Å²) in [4.78, 5) is 8.60. The van der Waals surface area contributed by atoms with E-state index in [-0.39, 0.29) is 5.82 Å². The Bertz CT molecular complexity index is 623. The highest BCUT2D eigenvalue weighted by Crippen LogP contribution is 2.29. The summed E-state index contributed by atoms with van der Waals surface area (Å²) in [6.45, 7) is 1.95. The van der Waals surface area contributed by atoms with Crippen LogP contribution >= 0.6 is 11.3 Å². The quantitative estimate of drug-likeness (QED) is 0.601. The number of fused-ring (bicyclic) bond motifs is 3. The molecule has 4 heteroatoms. The molecule has 0 unspecified atom stereocenters. The largest absolute Gasteiger partial charge is 0.345 e. The van der Waals surface area contributed by atoms with E-state index in [9.17, 15) is 4.39 Å². The summed E-state index contributed by atoms with van der Waals surface area (Å²) in [6.07, 6.45) is 0. The smallest absolute Gasteiger partial charge is 0.124 e. The second-order valence-electron chi connectivity index (χ2n) is 3.23. The molecule has 2 heterocycles. The van der Waals surface area contributed by atoms with Gasteiger partial charge in [0, 0.05) is 10.9 Å². The van der Waals surface area contributed by atoms with Gasteiger partial charge in [-0.05, 0) is 25.1 Å². The molecular formula is C10H7FN2S. The number of hydrogen-bond acceptors (Lipinski definition) is 2. The Kier molecular flexibility index (Phi) is 1.44. The van der Waals surface area contributed by atoms with E-state index in [4.69, 9.17) is 0 Å². The summed E-state index contributed by atoms with van der Waals surface area (Å²) < 4.78 is 13.0. The Morgan fingerprint density at radius 2 is 2.29 bits per heavy atom. The molecule has 3 aromatic rings. The van der Waals surface area contributed by atoms with Gasteiger partial charge >= 0.3 is 0 Å². The van der Waals surface area contributed by atoms with E-state index in [2.05, 4.69) is 9.97 Å². The maximum atomic E-state index is 13.0. The summed E-state index contributed by atoms with van der Waals surface area (Å²) in [5.74, 6) is -0.218. The molecule has 0 amide bonds. The van der Waals surface area contributed by atoms with Gasteiger partial charge in [0.05, 0.1) is 5.01 Å². The first kappa shape index (κ1) is 7.94. The fourth-order valence-electron chi connectivity index (χ4n) is 1.64. The lowest BCUT2D eigenvalue weighted by Crippen LogP contribution is -1.74. The Morgan fingerprint density at radius 1 is 1.43 bits per heavy atom. The van der Waals surface area contributed by atoms with Crippen molar-refractivity contribution in [3.63, 3.8) is 0 Å².